The molecule has 0 bridgehead atoms. The van der Waals surface area contributed by atoms with Crippen LogP contribution >= 0.6 is 0 Å². The molecular weight excluding hydrogens is 368 g/mol. The smallest absolute Gasteiger partial charge is 0.119 e. The molecule has 0 saturated carbocycles. The van der Waals surface area contributed by atoms with Crippen LogP contribution in [0.25, 0.3) is 5.57 Å². The van der Waals surface area contributed by atoms with Crippen LogP contribution < -0.4 is 0 Å². The summed E-state index contributed by atoms with van der Waals surface area (Å²) >= 11 is 0. The zero-order valence-electron chi connectivity index (χ0n) is 20.0. The summed E-state index contributed by atoms with van der Waals surface area (Å²) in [6.45, 7) is 17.1. The molecule has 0 spiro atoms. The van der Waals surface area contributed by atoms with Crippen LogP contribution in [0, 0.1) is 13.8 Å². The van der Waals surface area contributed by atoms with Gasteiger partial charge in [0.15, 0.2) is 0 Å². The zero-order chi connectivity index (χ0) is 22.4. The monoisotopic (exact) mass is 406 g/mol. The van der Waals surface area contributed by atoms with Gasteiger partial charge >= 0.3 is 0 Å². The van der Waals surface area contributed by atoms with Gasteiger partial charge in [0.2, 0.25) is 0 Å². The topological polar surface area (TPSA) is 40.5 Å². The maximum Gasteiger partial charge on any atom is 0.119 e. The molecule has 3 rings (SSSR count). The van der Waals surface area contributed by atoms with Crippen molar-refractivity contribution in [1.29, 1.82) is 0 Å². The van der Waals surface area contributed by atoms with Crippen LogP contribution in [-0.2, 0) is 10.8 Å². The van der Waals surface area contributed by atoms with E-state index in [-0.39, 0.29) is 10.8 Å². The van der Waals surface area contributed by atoms with Crippen LogP contribution in [0.2, 0.25) is 0 Å². The summed E-state index contributed by atoms with van der Waals surface area (Å²) in [7, 11) is 0. The van der Waals surface area contributed by atoms with E-state index in [1.807, 2.05) is 12.1 Å². The van der Waals surface area contributed by atoms with Gasteiger partial charge in [-0.1, -0.05) is 53.7 Å². The molecule has 30 heavy (non-hydrogen) atoms. The first-order valence-corrected chi connectivity index (χ1v) is 11.2. The first-order chi connectivity index (χ1) is 13.8. The molecule has 0 heterocycles. The Balaban J connectivity index is 2.01. The summed E-state index contributed by atoms with van der Waals surface area (Å²) in [4.78, 5) is 0. The van der Waals surface area contributed by atoms with Crippen LogP contribution in [0.4, 0.5) is 0 Å². The Kier molecular flexibility index (Phi) is 5.84. The number of hydrogen-bond acceptors (Lipinski definition) is 2. The van der Waals surface area contributed by atoms with Crippen molar-refractivity contribution >= 4 is 5.57 Å². The molecule has 0 aromatic heterocycles. The van der Waals surface area contributed by atoms with E-state index in [2.05, 4.69) is 73.6 Å². The minimum Gasteiger partial charge on any atom is -0.508 e. The Labute approximate surface area is 182 Å². The summed E-state index contributed by atoms with van der Waals surface area (Å²) in [5.41, 5.74) is 8.13. The molecule has 1 unspecified atom stereocenters. The Bertz CT molecular complexity index is 981. The summed E-state index contributed by atoms with van der Waals surface area (Å²) in [6, 6.07) is 8.30. The van der Waals surface area contributed by atoms with Crippen molar-refractivity contribution < 1.29 is 10.2 Å². The Morgan fingerprint density at radius 2 is 1.30 bits per heavy atom. The molecular formula is C28H38O2. The molecule has 1 atom stereocenters. The highest BCUT2D eigenvalue weighted by molar-refractivity contribution is 5.72. The number of phenolic OH excluding ortho intramolecular Hbond substituents is 2. The van der Waals surface area contributed by atoms with Crippen molar-refractivity contribution in [2.75, 3.05) is 0 Å². The fraction of sp³-hybridized carbons (Fsp3) is 0.500. The first kappa shape index (κ1) is 22.5. The molecule has 1 aliphatic carbocycles. The summed E-state index contributed by atoms with van der Waals surface area (Å²) in [6.07, 6.45) is 5.55. The van der Waals surface area contributed by atoms with Crippen molar-refractivity contribution in [3.8, 4) is 11.5 Å². The Morgan fingerprint density at radius 1 is 0.767 bits per heavy atom. The van der Waals surface area contributed by atoms with E-state index in [1.54, 1.807) is 0 Å². The van der Waals surface area contributed by atoms with Gasteiger partial charge in [-0.15, -0.1) is 0 Å². The second kappa shape index (κ2) is 7.80. The van der Waals surface area contributed by atoms with Crippen molar-refractivity contribution in [2.45, 2.75) is 91.4 Å². The standard InChI is InChI=1S/C28H38O2/c1-17-12-25(29)23(27(3,4)5)15-21(17)19-10-9-11-20(14-19)22-16-24(28(6,7)8)26(30)13-18(22)2/h10,12-13,15-16,20,29-30H,9,11,14H2,1-8H3. The predicted molar refractivity (Wildman–Crippen MR) is 128 cm³/mol. The normalized spacial score (nSPS) is 17.7. The van der Waals surface area contributed by atoms with E-state index in [1.165, 1.54) is 22.3 Å². The third-order valence-corrected chi connectivity index (χ3v) is 6.50. The largest absolute Gasteiger partial charge is 0.508 e. The van der Waals surface area contributed by atoms with Gasteiger partial charge in [-0.25, -0.2) is 0 Å². The van der Waals surface area contributed by atoms with Crippen LogP contribution in [0.3, 0.4) is 0 Å². The van der Waals surface area contributed by atoms with E-state index in [4.69, 9.17) is 0 Å². The lowest BCUT2D eigenvalue weighted by atomic mass is 9.76. The van der Waals surface area contributed by atoms with E-state index in [0.717, 1.165) is 36.0 Å². The van der Waals surface area contributed by atoms with Gasteiger partial charge < -0.3 is 10.2 Å². The van der Waals surface area contributed by atoms with Gasteiger partial charge in [0.05, 0.1) is 0 Å². The third-order valence-electron chi connectivity index (χ3n) is 6.50. The van der Waals surface area contributed by atoms with Crippen LogP contribution in [0.5, 0.6) is 11.5 Å². The quantitative estimate of drug-likeness (QED) is 0.537. The average molecular weight is 407 g/mol. The van der Waals surface area contributed by atoms with Crippen molar-refractivity contribution in [1.82, 2.24) is 0 Å². The lowest BCUT2D eigenvalue weighted by molar-refractivity contribution is 0.444. The lowest BCUT2D eigenvalue weighted by Gasteiger charge is -2.29. The molecule has 2 N–H and O–H groups in total. The van der Waals surface area contributed by atoms with Crippen molar-refractivity contribution in [3.05, 3.63) is 63.7 Å². The summed E-state index contributed by atoms with van der Waals surface area (Å²) in [5, 5.41) is 21.0. The molecule has 162 valence electrons. The van der Waals surface area contributed by atoms with Gasteiger partial charge in [-0.2, -0.15) is 0 Å². The van der Waals surface area contributed by atoms with Gasteiger partial charge in [-0.3, -0.25) is 0 Å². The third kappa shape index (κ3) is 4.43. The number of aryl methyl sites for hydroxylation is 2. The zero-order valence-corrected chi connectivity index (χ0v) is 20.0. The van der Waals surface area contributed by atoms with Crippen molar-refractivity contribution in [2.24, 2.45) is 0 Å². The number of hydrogen-bond donors (Lipinski definition) is 2. The van der Waals surface area contributed by atoms with Crippen LogP contribution in [0.1, 0.15) is 100 Å². The minimum absolute atomic E-state index is 0.0883. The molecule has 2 aromatic carbocycles. The Hall–Kier alpha value is -2.22. The maximum absolute atomic E-state index is 10.5. The SMILES string of the molecule is Cc1cc(O)c(C(C)(C)C)cc1C1=CCCC(c2cc(C(C)(C)C)c(O)cc2C)C1. The minimum atomic E-state index is -0.101. The van der Waals surface area contributed by atoms with Crippen LogP contribution in [-0.4, -0.2) is 10.2 Å². The number of phenols is 2. The number of benzene rings is 2. The number of aromatic hydroxyl groups is 2. The second-order valence-corrected chi connectivity index (χ2v) is 11.1. The summed E-state index contributed by atoms with van der Waals surface area (Å²) < 4.78 is 0. The van der Waals surface area contributed by atoms with Gasteiger partial charge in [0.25, 0.3) is 0 Å². The Morgan fingerprint density at radius 3 is 1.87 bits per heavy atom. The molecule has 0 fully saturated rings. The molecule has 0 amide bonds. The average Bonchev–Trinajstić information content (AvgIpc) is 2.59. The van der Waals surface area contributed by atoms with E-state index in [0.29, 0.717) is 17.4 Å². The second-order valence-electron chi connectivity index (χ2n) is 11.1. The first-order valence-electron chi connectivity index (χ1n) is 11.2. The van der Waals surface area contributed by atoms with Gasteiger partial charge in [-0.05, 0) is 107 Å². The molecule has 2 nitrogen and oxygen atoms in total. The molecule has 2 aromatic rings. The molecule has 0 saturated heterocycles. The highest BCUT2D eigenvalue weighted by atomic mass is 16.3. The fourth-order valence-electron chi connectivity index (χ4n) is 4.78. The predicted octanol–water partition coefficient (Wildman–Crippen LogP) is 7.66. The number of allylic oxidation sites excluding steroid dienone is 2. The van der Waals surface area contributed by atoms with E-state index >= 15 is 0 Å². The van der Waals surface area contributed by atoms with Crippen LogP contribution in [0.15, 0.2) is 30.3 Å². The van der Waals surface area contributed by atoms with Gasteiger partial charge in [0.1, 0.15) is 11.5 Å². The maximum atomic E-state index is 10.5. The van der Waals surface area contributed by atoms with Gasteiger partial charge in [0, 0.05) is 0 Å². The van der Waals surface area contributed by atoms with Crippen molar-refractivity contribution in [3.63, 3.8) is 0 Å². The fourth-order valence-corrected chi connectivity index (χ4v) is 4.78. The summed E-state index contributed by atoms with van der Waals surface area (Å²) in [5.74, 6) is 1.23. The number of rotatable bonds is 2. The molecule has 1 aliphatic rings. The molecule has 0 radical (unpaired) electrons. The lowest BCUT2D eigenvalue weighted by Crippen LogP contribution is -2.15. The molecule has 2 heteroatoms. The van der Waals surface area contributed by atoms with E-state index < -0.39 is 0 Å². The molecule has 0 aliphatic heterocycles. The highest BCUT2D eigenvalue weighted by Crippen LogP contribution is 2.44. The highest BCUT2D eigenvalue weighted by Gasteiger charge is 2.26. The van der Waals surface area contributed by atoms with E-state index in [9.17, 15) is 10.2 Å².